The molecule has 0 radical (unpaired) electrons. The van der Waals surface area contributed by atoms with Crippen molar-refractivity contribution in [3.05, 3.63) is 43.0 Å². The molecule has 0 aliphatic rings. The van der Waals surface area contributed by atoms with E-state index >= 15 is 0 Å². The van der Waals surface area contributed by atoms with E-state index in [-0.39, 0.29) is 5.88 Å². The number of aryl methyl sites for hydroxylation is 1. The monoisotopic (exact) mass is 286 g/mol. The molecule has 0 saturated carbocycles. The number of aromatic nitrogens is 3. The fraction of sp³-hybridized carbons (Fsp3) is 0.214. The van der Waals surface area contributed by atoms with Crippen molar-refractivity contribution < 1.29 is 14.1 Å². The number of para-hydroxylation sites is 1. The smallest absolute Gasteiger partial charge is 0.387 e. The van der Waals surface area contributed by atoms with Gasteiger partial charge in [-0.1, -0.05) is 12.1 Å². The van der Waals surface area contributed by atoms with Gasteiger partial charge in [0.05, 0.1) is 11.7 Å². The Balaban J connectivity index is 1.48. The molecule has 0 aliphatic heterocycles. The summed E-state index contributed by atoms with van der Waals surface area (Å²) in [7, 11) is 0. The molecule has 1 amide bonds. The maximum atomic E-state index is 11.7. The van der Waals surface area contributed by atoms with E-state index in [1.54, 1.807) is 24.7 Å². The van der Waals surface area contributed by atoms with Gasteiger partial charge >= 0.3 is 6.09 Å². The van der Waals surface area contributed by atoms with Crippen LogP contribution in [0.25, 0.3) is 11.0 Å². The van der Waals surface area contributed by atoms with Gasteiger partial charge in [-0.05, 0) is 23.7 Å². The van der Waals surface area contributed by atoms with Crippen LogP contribution in [0.3, 0.4) is 0 Å². The summed E-state index contributed by atoms with van der Waals surface area (Å²) >= 11 is 0. The lowest BCUT2D eigenvalue weighted by molar-refractivity contribution is 0.196. The van der Waals surface area contributed by atoms with Gasteiger partial charge in [0.2, 0.25) is 0 Å². The zero-order valence-electron chi connectivity index (χ0n) is 11.2. The fourth-order valence-corrected chi connectivity index (χ4v) is 1.93. The van der Waals surface area contributed by atoms with Crippen LogP contribution in [0, 0.1) is 0 Å². The van der Waals surface area contributed by atoms with Crippen molar-refractivity contribution >= 4 is 17.1 Å². The van der Waals surface area contributed by atoms with E-state index in [1.165, 1.54) is 0 Å². The highest BCUT2D eigenvalue weighted by Crippen LogP contribution is 2.23. The minimum Gasteiger partial charge on any atom is -0.387 e. The van der Waals surface area contributed by atoms with Gasteiger partial charge in [-0.2, -0.15) is 0 Å². The van der Waals surface area contributed by atoms with Crippen LogP contribution in [0.5, 0.6) is 5.88 Å². The zero-order chi connectivity index (χ0) is 14.5. The number of hydrogen-bond acceptors (Lipinski definition) is 5. The first kappa shape index (κ1) is 13.2. The average Bonchev–Trinajstić information content (AvgIpc) is 3.14. The van der Waals surface area contributed by atoms with E-state index in [2.05, 4.69) is 15.5 Å². The van der Waals surface area contributed by atoms with Crippen molar-refractivity contribution in [1.82, 2.24) is 20.0 Å². The number of nitrogens with zero attached hydrogens (tertiary/aromatic N) is 3. The fourth-order valence-electron chi connectivity index (χ4n) is 1.93. The SMILES string of the molecule is O=C(NCCCn1ccnc1)Oc1noc2ccccc12. The predicted octanol–water partition coefficient (Wildman–Crippen LogP) is 2.20. The molecule has 0 atom stereocenters. The van der Waals surface area contributed by atoms with Crippen LogP contribution in [0.2, 0.25) is 0 Å². The van der Waals surface area contributed by atoms with E-state index in [0.717, 1.165) is 13.0 Å². The van der Waals surface area contributed by atoms with Gasteiger partial charge in [0.1, 0.15) is 0 Å². The summed E-state index contributed by atoms with van der Waals surface area (Å²) in [6, 6.07) is 7.20. The minimum absolute atomic E-state index is 0.178. The Morgan fingerprint density at radius 1 is 1.38 bits per heavy atom. The van der Waals surface area contributed by atoms with Crippen molar-refractivity contribution in [2.75, 3.05) is 6.54 Å². The van der Waals surface area contributed by atoms with E-state index < -0.39 is 6.09 Å². The summed E-state index contributed by atoms with van der Waals surface area (Å²) < 4.78 is 12.1. The van der Waals surface area contributed by atoms with E-state index in [0.29, 0.717) is 17.5 Å². The third-order valence-electron chi connectivity index (χ3n) is 2.96. The number of benzene rings is 1. The number of carbonyl (C=O) groups excluding carboxylic acids is 1. The van der Waals surface area contributed by atoms with Crippen LogP contribution in [-0.4, -0.2) is 27.3 Å². The summed E-state index contributed by atoms with van der Waals surface area (Å²) in [5.41, 5.74) is 0.584. The maximum Gasteiger partial charge on any atom is 0.414 e. The van der Waals surface area contributed by atoms with Gasteiger partial charge in [-0.25, -0.2) is 9.78 Å². The molecule has 3 aromatic rings. The third kappa shape index (κ3) is 3.19. The second-order valence-electron chi connectivity index (χ2n) is 4.45. The minimum atomic E-state index is -0.542. The summed E-state index contributed by atoms with van der Waals surface area (Å²) in [6.07, 6.45) is 5.57. The van der Waals surface area contributed by atoms with Crippen LogP contribution < -0.4 is 10.1 Å². The lowest BCUT2D eigenvalue weighted by atomic mass is 10.3. The normalized spacial score (nSPS) is 10.7. The van der Waals surface area contributed by atoms with Gasteiger partial charge in [0.15, 0.2) is 5.58 Å². The second-order valence-corrected chi connectivity index (χ2v) is 4.45. The predicted molar refractivity (Wildman–Crippen MR) is 74.9 cm³/mol. The van der Waals surface area contributed by atoms with Gasteiger partial charge < -0.3 is 19.1 Å². The number of rotatable bonds is 5. The highest BCUT2D eigenvalue weighted by molar-refractivity contribution is 5.84. The lowest BCUT2D eigenvalue weighted by Crippen LogP contribution is -2.28. The maximum absolute atomic E-state index is 11.7. The molecule has 0 bridgehead atoms. The molecule has 3 rings (SSSR count). The average molecular weight is 286 g/mol. The van der Waals surface area contributed by atoms with Crippen LogP contribution in [0.1, 0.15) is 6.42 Å². The van der Waals surface area contributed by atoms with E-state index in [4.69, 9.17) is 9.26 Å². The van der Waals surface area contributed by atoms with Gasteiger partial charge in [-0.15, -0.1) is 0 Å². The van der Waals surface area contributed by atoms with Crippen molar-refractivity contribution in [3.8, 4) is 5.88 Å². The Labute approximate surface area is 120 Å². The van der Waals surface area contributed by atoms with E-state index in [9.17, 15) is 4.79 Å². The van der Waals surface area contributed by atoms with Crippen molar-refractivity contribution in [2.45, 2.75) is 13.0 Å². The molecule has 0 fully saturated rings. The summed E-state index contributed by atoms with van der Waals surface area (Å²) in [4.78, 5) is 15.6. The Morgan fingerprint density at radius 3 is 3.14 bits per heavy atom. The van der Waals surface area contributed by atoms with Gasteiger partial charge in [0.25, 0.3) is 5.88 Å². The molecule has 1 aromatic carbocycles. The summed E-state index contributed by atoms with van der Waals surface area (Å²) in [5, 5.41) is 7.08. The number of fused-ring (bicyclic) bond motifs is 1. The van der Waals surface area contributed by atoms with Crippen LogP contribution in [0.4, 0.5) is 4.79 Å². The third-order valence-corrected chi connectivity index (χ3v) is 2.96. The quantitative estimate of drug-likeness (QED) is 0.727. The molecule has 0 unspecified atom stereocenters. The molecule has 2 heterocycles. The van der Waals surface area contributed by atoms with Crippen molar-refractivity contribution in [1.29, 1.82) is 0 Å². The summed E-state index contributed by atoms with van der Waals surface area (Å²) in [5.74, 6) is 0.178. The largest absolute Gasteiger partial charge is 0.414 e. The molecule has 21 heavy (non-hydrogen) atoms. The number of amides is 1. The molecule has 7 heteroatoms. The lowest BCUT2D eigenvalue weighted by Gasteiger charge is -2.05. The van der Waals surface area contributed by atoms with Gasteiger partial charge in [0, 0.05) is 25.5 Å². The van der Waals surface area contributed by atoms with Crippen molar-refractivity contribution in [3.63, 3.8) is 0 Å². The molecule has 108 valence electrons. The first-order valence-corrected chi connectivity index (χ1v) is 6.59. The number of imidazole rings is 1. The Kier molecular flexibility index (Phi) is 3.81. The number of nitrogens with one attached hydrogen (secondary N) is 1. The molecular weight excluding hydrogens is 272 g/mol. The highest BCUT2D eigenvalue weighted by Gasteiger charge is 2.12. The molecule has 0 spiro atoms. The Morgan fingerprint density at radius 2 is 2.29 bits per heavy atom. The zero-order valence-corrected chi connectivity index (χ0v) is 11.2. The molecule has 2 aromatic heterocycles. The molecular formula is C14H14N4O3. The molecule has 0 aliphatic carbocycles. The van der Waals surface area contributed by atoms with Gasteiger partial charge in [-0.3, -0.25) is 0 Å². The second kappa shape index (κ2) is 6.08. The Bertz CT molecular complexity index is 721. The molecule has 0 saturated heterocycles. The van der Waals surface area contributed by atoms with E-state index in [1.807, 2.05) is 22.9 Å². The highest BCUT2D eigenvalue weighted by atomic mass is 16.6. The number of hydrogen-bond donors (Lipinski definition) is 1. The van der Waals surface area contributed by atoms with Crippen molar-refractivity contribution in [2.24, 2.45) is 0 Å². The Hall–Kier alpha value is -2.83. The van der Waals surface area contributed by atoms with Crippen LogP contribution >= 0.6 is 0 Å². The summed E-state index contributed by atoms with van der Waals surface area (Å²) in [6.45, 7) is 1.29. The van der Waals surface area contributed by atoms with Crippen LogP contribution in [-0.2, 0) is 6.54 Å². The standard InChI is InChI=1S/C14H14N4O3/c19-14(16-6-3-8-18-9-7-15-10-18)20-13-11-4-1-2-5-12(11)21-17-13/h1-2,4-5,7,9-10H,3,6,8H2,(H,16,19). The number of ether oxygens (including phenoxy) is 1. The van der Waals surface area contributed by atoms with Crippen LogP contribution in [0.15, 0.2) is 47.5 Å². The molecule has 1 N–H and O–H groups in total. The molecule has 7 nitrogen and oxygen atoms in total. The first-order valence-electron chi connectivity index (χ1n) is 6.59. The topological polar surface area (TPSA) is 82.2 Å². The first-order chi connectivity index (χ1) is 10.3. The number of carbonyl (C=O) groups is 1.